The largest absolute Gasteiger partial charge is 0.365 e. The first-order chi connectivity index (χ1) is 8.65. The quantitative estimate of drug-likeness (QED) is 0.637. The fraction of sp³-hybridized carbons (Fsp3) is 0.500. The van der Waals surface area contributed by atoms with Gasteiger partial charge in [-0.25, -0.2) is 4.39 Å². The molecule has 0 radical (unpaired) electrons. The SMILES string of the molecule is O=[N+]([O-])c1cc(F)ccc1N1CC2CNCC2C1. The van der Waals surface area contributed by atoms with Crippen LogP contribution < -0.4 is 10.2 Å². The number of halogens is 1. The third kappa shape index (κ3) is 1.82. The van der Waals surface area contributed by atoms with E-state index in [4.69, 9.17) is 0 Å². The summed E-state index contributed by atoms with van der Waals surface area (Å²) < 4.78 is 13.1. The van der Waals surface area contributed by atoms with Gasteiger partial charge >= 0.3 is 0 Å². The second kappa shape index (κ2) is 4.20. The van der Waals surface area contributed by atoms with Crippen molar-refractivity contribution in [3.05, 3.63) is 34.1 Å². The van der Waals surface area contributed by atoms with E-state index >= 15 is 0 Å². The zero-order chi connectivity index (χ0) is 12.7. The van der Waals surface area contributed by atoms with Crippen LogP contribution in [0.4, 0.5) is 15.8 Å². The summed E-state index contributed by atoms with van der Waals surface area (Å²) in [6.07, 6.45) is 0. The molecule has 0 aliphatic carbocycles. The minimum Gasteiger partial charge on any atom is -0.365 e. The van der Waals surface area contributed by atoms with E-state index in [0.29, 0.717) is 17.5 Å². The number of hydrogen-bond acceptors (Lipinski definition) is 4. The maximum atomic E-state index is 13.1. The molecule has 0 spiro atoms. The number of anilines is 1. The Morgan fingerprint density at radius 3 is 2.61 bits per heavy atom. The van der Waals surface area contributed by atoms with Gasteiger partial charge in [-0.05, 0) is 24.0 Å². The van der Waals surface area contributed by atoms with Gasteiger partial charge in [0.1, 0.15) is 11.5 Å². The van der Waals surface area contributed by atoms with Crippen LogP contribution in [0.5, 0.6) is 0 Å². The summed E-state index contributed by atoms with van der Waals surface area (Å²) in [5.74, 6) is 0.538. The highest BCUT2D eigenvalue weighted by Gasteiger charge is 2.38. The highest BCUT2D eigenvalue weighted by Crippen LogP contribution is 2.35. The lowest BCUT2D eigenvalue weighted by Gasteiger charge is -2.19. The summed E-state index contributed by atoms with van der Waals surface area (Å²) in [5.41, 5.74) is 0.402. The van der Waals surface area contributed by atoms with Crippen molar-refractivity contribution in [2.45, 2.75) is 0 Å². The summed E-state index contributed by atoms with van der Waals surface area (Å²) in [5, 5.41) is 14.3. The van der Waals surface area contributed by atoms with E-state index in [1.165, 1.54) is 12.1 Å². The predicted octanol–water partition coefficient (Wildman–Crippen LogP) is 1.39. The van der Waals surface area contributed by atoms with Crippen LogP contribution in [0.2, 0.25) is 0 Å². The monoisotopic (exact) mass is 251 g/mol. The summed E-state index contributed by atoms with van der Waals surface area (Å²) in [6, 6.07) is 3.80. The normalized spacial score (nSPS) is 26.4. The molecule has 6 heteroatoms. The van der Waals surface area contributed by atoms with Gasteiger partial charge in [0, 0.05) is 26.2 Å². The van der Waals surface area contributed by atoms with Crippen molar-refractivity contribution in [3.8, 4) is 0 Å². The molecular weight excluding hydrogens is 237 g/mol. The standard InChI is InChI=1S/C12H14FN3O2/c13-10-1-2-11(12(3-10)16(17)18)15-6-8-4-14-5-9(8)7-15/h1-3,8-9,14H,4-7H2. The van der Waals surface area contributed by atoms with Gasteiger partial charge in [0.25, 0.3) is 5.69 Å². The number of hydrogen-bond donors (Lipinski definition) is 1. The molecule has 2 fully saturated rings. The van der Waals surface area contributed by atoms with Crippen molar-refractivity contribution in [1.29, 1.82) is 0 Å². The second-order valence-corrected chi connectivity index (χ2v) is 4.97. The van der Waals surface area contributed by atoms with Gasteiger partial charge in [0.2, 0.25) is 0 Å². The first-order valence-electron chi connectivity index (χ1n) is 6.05. The molecule has 0 amide bonds. The Morgan fingerprint density at radius 1 is 1.33 bits per heavy atom. The van der Waals surface area contributed by atoms with E-state index in [1.54, 1.807) is 0 Å². The van der Waals surface area contributed by atoms with E-state index in [9.17, 15) is 14.5 Å². The van der Waals surface area contributed by atoms with Crippen LogP contribution in [-0.2, 0) is 0 Å². The Bertz CT molecular complexity index is 482. The van der Waals surface area contributed by atoms with Crippen molar-refractivity contribution in [3.63, 3.8) is 0 Å². The van der Waals surface area contributed by atoms with Crippen LogP contribution in [0.1, 0.15) is 0 Å². The van der Waals surface area contributed by atoms with Crippen molar-refractivity contribution in [1.82, 2.24) is 5.32 Å². The number of nitrogens with zero attached hydrogens (tertiary/aromatic N) is 2. The van der Waals surface area contributed by atoms with Crippen LogP contribution in [0, 0.1) is 27.8 Å². The number of benzene rings is 1. The number of rotatable bonds is 2. The van der Waals surface area contributed by atoms with Crippen molar-refractivity contribution in [2.24, 2.45) is 11.8 Å². The summed E-state index contributed by atoms with van der Waals surface area (Å²) in [4.78, 5) is 12.5. The average Bonchev–Trinajstić information content (AvgIpc) is 2.88. The number of nitrogens with one attached hydrogen (secondary N) is 1. The summed E-state index contributed by atoms with van der Waals surface area (Å²) in [6.45, 7) is 3.56. The van der Waals surface area contributed by atoms with Gasteiger partial charge in [0.15, 0.2) is 0 Å². The molecule has 96 valence electrons. The van der Waals surface area contributed by atoms with Crippen molar-refractivity contribution >= 4 is 11.4 Å². The number of nitro groups is 1. The first kappa shape index (κ1) is 11.4. The van der Waals surface area contributed by atoms with E-state index < -0.39 is 10.7 Å². The fourth-order valence-corrected chi connectivity index (χ4v) is 2.96. The summed E-state index contributed by atoms with van der Waals surface area (Å²) >= 11 is 0. The lowest BCUT2D eigenvalue weighted by atomic mass is 10.0. The Balaban J connectivity index is 1.90. The molecule has 0 aromatic heterocycles. The molecule has 3 rings (SSSR count). The van der Waals surface area contributed by atoms with E-state index in [1.807, 2.05) is 4.90 Å². The third-order valence-corrected chi connectivity index (χ3v) is 3.86. The average molecular weight is 251 g/mol. The molecule has 2 aliphatic heterocycles. The topological polar surface area (TPSA) is 58.4 Å². The van der Waals surface area contributed by atoms with Gasteiger partial charge in [0.05, 0.1) is 11.0 Å². The van der Waals surface area contributed by atoms with E-state index in [0.717, 1.165) is 32.2 Å². The van der Waals surface area contributed by atoms with Gasteiger partial charge in [-0.15, -0.1) is 0 Å². The zero-order valence-electron chi connectivity index (χ0n) is 9.80. The molecule has 0 bridgehead atoms. The highest BCUT2D eigenvalue weighted by molar-refractivity contribution is 5.64. The molecule has 2 heterocycles. The smallest absolute Gasteiger partial charge is 0.295 e. The lowest BCUT2D eigenvalue weighted by molar-refractivity contribution is -0.384. The van der Waals surface area contributed by atoms with Crippen molar-refractivity contribution in [2.75, 3.05) is 31.1 Å². The molecule has 0 saturated carbocycles. The van der Waals surface area contributed by atoms with Gasteiger partial charge < -0.3 is 10.2 Å². The molecule has 1 N–H and O–H groups in total. The van der Waals surface area contributed by atoms with Crippen LogP contribution in [0.25, 0.3) is 0 Å². The third-order valence-electron chi connectivity index (χ3n) is 3.86. The Labute approximate surface area is 104 Å². The van der Waals surface area contributed by atoms with Gasteiger partial charge in [-0.1, -0.05) is 0 Å². The molecule has 2 unspecified atom stereocenters. The van der Waals surface area contributed by atoms with Crippen LogP contribution >= 0.6 is 0 Å². The van der Waals surface area contributed by atoms with E-state index in [-0.39, 0.29) is 5.69 Å². The van der Waals surface area contributed by atoms with Gasteiger partial charge in [-0.3, -0.25) is 10.1 Å². The predicted molar refractivity (Wildman–Crippen MR) is 65.1 cm³/mol. The fourth-order valence-electron chi connectivity index (χ4n) is 2.96. The minimum absolute atomic E-state index is 0.136. The van der Waals surface area contributed by atoms with Crippen LogP contribution in [0.15, 0.2) is 18.2 Å². The van der Waals surface area contributed by atoms with Gasteiger partial charge in [-0.2, -0.15) is 0 Å². The first-order valence-corrected chi connectivity index (χ1v) is 6.05. The van der Waals surface area contributed by atoms with Crippen LogP contribution in [0.3, 0.4) is 0 Å². The lowest BCUT2D eigenvalue weighted by Crippen LogP contribution is -2.26. The summed E-state index contributed by atoms with van der Waals surface area (Å²) in [7, 11) is 0. The van der Waals surface area contributed by atoms with E-state index in [2.05, 4.69) is 5.32 Å². The maximum absolute atomic E-state index is 13.1. The molecule has 2 saturated heterocycles. The Hall–Kier alpha value is -1.69. The zero-order valence-corrected chi connectivity index (χ0v) is 9.80. The minimum atomic E-state index is -0.563. The van der Waals surface area contributed by atoms with Crippen molar-refractivity contribution < 1.29 is 9.31 Å². The second-order valence-electron chi connectivity index (χ2n) is 4.97. The molecule has 1 aromatic rings. The molecule has 1 aromatic carbocycles. The molecule has 18 heavy (non-hydrogen) atoms. The molecule has 2 atom stereocenters. The number of fused-ring (bicyclic) bond motifs is 1. The maximum Gasteiger partial charge on any atom is 0.295 e. The highest BCUT2D eigenvalue weighted by atomic mass is 19.1. The van der Waals surface area contributed by atoms with Crippen LogP contribution in [-0.4, -0.2) is 31.1 Å². The molecule has 5 nitrogen and oxygen atoms in total. The molecular formula is C12H14FN3O2. The molecule has 2 aliphatic rings. The number of nitro benzene ring substituents is 1. The Kier molecular flexibility index (Phi) is 2.66. The Morgan fingerprint density at radius 2 is 2.00 bits per heavy atom.